The molecule has 0 atom stereocenters. The predicted molar refractivity (Wildman–Crippen MR) is 96.5 cm³/mol. The molecular weight excluding hydrogens is 296 g/mol. The first-order valence-electron chi connectivity index (χ1n) is 7.96. The molecule has 0 fully saturated rings. The number of carbonyl (C=O) groups is 1. The van der Waals surface area contributed by atoms with Crippen LogP contribution >= 0.6 is 0 Å². The number of nitrogens with one attached hydrogen (secondary N) is 1. The fourth-order valence-corrected chi connectivity index (χ4v) is 2.73. The number of nitrogens with two attached hydrogens (primary N) is 1. The summed E-state index contributed by atoms with van der Waals surface area (Å²) in [6.07, 6.45) is 0. The van der Waals surface area contributed by atoms with Crippen LogP contribution in [0.1, 0.15) is 33.1 Å². The minimum absolute atomic E-state index is 0.114. The van der Waals surface area contributed by atoms with Crippen LogP contribution in [0.3, 0.4) is 0 Å². The van der Waals surface area contributed by atoms with Crippen LogP contribution in [0.15, 0.2) is 84.9 Å². The summed E-state index contributed by atoms with van der Waals surface area (Å²) >= 11 is 0. The van der Waals surface area contributed by atoms with Gasteiger partial charge < -0.3 is 11.1 Å². The van der Waals surface area contributed by atoms with Gasteiger partial charge in [-0.15, -0.1) is 0 Å². The van der Waals surface area contributed by atoms with Crippen molar-refractivity contribution in [1.29, 1.82) is 0 Å². The minimum Gasteiger partial charge on any atom is -0.366 e. The highest BCUT2D eigenvalue weighted by atomic mass is 16.1. The maximum absolute atomic E-state index is 11.2. The average Bonchev–Trinajstić information content (AvgIpc) is 2.64. The van der Waals surface area contributed by atoms with Gasteiger partial charge in [0.25, 0.3) is 0 Å². The van der Waals surface area contributed by atoms with Crippen molar-refractivity contribution in [3.05, 3.63) is 107 Å². The molecule has 0 aromatic heterocycles. The predicted octanol–water partition coefficient (Wildman–Crippen LogP) is 3.66. The highest BCUT2D eigenvalue weighted by Crippen LogP contribution is 2.22. The van der Waals surface area contributed by atoms with E-state index in [0.717, 1.165) is 5.56 Å². The fraction of sp³-hybridized carbons (Fsp3) is 0.0952. The Bertz CT molecular complexity index is 744. The van der Waals surface area contributed by atoms with E-state index in [9.17, 15) is 4.79 Å². The van der Waals surface area contributed by atoms with Crippen molar-refractivity contribution in [3.63, 3.8) is 0 Å². The van der Waals surface area contributed by atoms with Crippen LogP contribution in [0, 0.1) is 0 Å². The SMILES string of the molecule is NC(=O)c1ccc(CNC(c2ccccc2)c2ccccc2)cc1. The Morgan fingerprint density at radius 1 is 0.792 bits per heavy atom. The van der Waals surface area contributed by atoms with Gasteiger partial charge >= 0.3 is 0 Å². The Labute approximate surface area is 142 Å². The number of hydrogen-bond donors (Lipinski definition) is 2. The van der Waals surface area contributed by atoms with E-state index in [1.807, 2.05) is 24.3 Å². The molecule has 3 nitrogen and oxygen atoms in total. The Morgan fingerprint density at radius 3 is 1.75 bits per heavy atom. The summed E-state index contributed by atoms with van der Waals surface area (Å²) in [6.45, 7) is 0.702. The molecular formula is C21H20N2O. The third-order valence-electron chi connectivity index (χ3n) is 4.01. The van der Waals surface area contributed by atoms with Crippen LogP contribution in [0.25, 0.3) is 0 Å². The molecule has 0 unspecified atom stereocenters. The third-order valence-corrected chi connectivity index (χ3v) is 4.01. The summed E-state index contributed by atoms with van der Waals surface area (Å²) in [5, 5.41) is 3.60. The molecule has 1 amide bonds. The number of carbonyl (C=O) groups excluding carboxylic acids is 1. The summed E-state index contributed by atoms with van der Waals surface area (Å²) in [7, 11) is 0. The molecule has 0 saturated carbocycles. The van der Waals surface area contributed by atoms with Crippen molar-refractivity contribution in [2.45, 2.75) is 12.6 Å². The van der Waals surface area contributed by atoms with Gasteiger partial charge in [0, 0.05) is 12.1 Å². The minimum atomic E-state index is -0.402. The van der Waals surface area contributed by atoms with Gasteiger partial charge in [-0.2, -0.15) is 0 Å². The highest BCUT2D eigenvalue weighted by molar-refractivity contribution is 5.92. The number of rotatable bonds is 6. The van der Waals surface area contributed by atoms with E-state index in [-0.39, 0.29) is 6.04 Å². The molecule has 3 rings (SSSR count). The van der Waals surface area contributed by atoms with E-state index >= 15 is 0 Å². The maximum atomic E-state index is 11.2. The van der Waals surface area contributed by atoms with Gasteiger partial charge in [0.2, 0.25) is 5.91 Å². The fourth-order valence-electron chi connectivity index (χ4n) is 2.73. The summed E-state index contributed by atoms with van der Waals surface area (Å²) in [4.78, 5) is 11.2. The van der Waals surface area contributed by atoms with Crippen molar-refractivity contribution >= 4 is 5.91 Å². The van der Waals surface area contributed by atoms with Crippen LogP contribution in [0.2, 0.25) is 0 Å². The van der Waals surface area contributed by atoms with E-state index in [2.05, 4.69) is 53.8 Å². The Morgan fingerprint density at radius 2 is 1.29 bits per heavy atom. The van der Waals surface area contributed by atoms with Crippen molar-refractivity contribution in [2.24, 2.45) is 5.73 Å². The zero-order valence-corrected chi connectivity index (χ0v) is 13.4. The van der Waals surface area contributed by atoms with E-state index in [1.54, 1.807) is 12.1 Å². The van der Waals surface area contributed by atoms with Crippen LogP contribution in [0.4, 0.5) is 0 Å². The second-order valence-electron chi connectivity index (χ2n) is 5.70. The lowest BCUT2D eigenvalue weighted by molar-refractivity contribution is 0.100. The first kappa shape index (κ1) is 16.0. The molecule has 0 aliphatic rings. The van der Waals surface area contributed by atoms with Gasteiger partial charge in [-0.25, -0.2) is 0 Å². The largest absolute Gasteiger partial charge is 0.366 e. The van der Waals surface area contributed by atoms with Gasteiger partial charge in [-0.1, -0.05) is 72.8 Å². The molecule has 3 aromatic rings. The van der Waals surface area contributed by atoms with Gasteiger partial charge in [0.15, 0.2) is 0 Å². The molecule has 24 heavy (non-hydrogen) atoms. The van der Waals surface area contributed by atoms with Gasteiger partial charge in [-0.3, -0.25) is 4.79 Å². The van der Waals surface area contributed by atoms with E-state index in [4.69, 9.17) is 5.73 Å². The molecule has 0 aliphatic carbocycles. The molecule has 0 saturated heterocycles. The summed E-state index contributed by atoms with van der Waals surface area (Å²) < 4.78 is 0. The Balaban J connectivity index is 1.79. The topological polar surface area (TPSA) is 55.1 Å². The quantitative estimate of drug-likeness (QED) is 0.729. The molecule has 0 spiro atoms. The van der Waals surface area contributed by atoms with Crippen LogP contribution in [0.5, 0.6) is 0 Å². The lowest BCUT2D eigenvalue weighted by Crippen LogP contribution is -2.22. The lowest BCUT2D eigenvalue weighted by Gasteiger charge is -2.20. The van der Waals surface area contributed by atoms with E-state index < -0.39 is 5.91 Å². The zero-order chi connectivity index (χ0) is 16.8. The second-order valence-corrected chi connectivity index (χ2v) is 5.70. The number of benzene rings is 3. The van der Waals surface area contributed by atoms with Crippen molar-refractivity contribution in [1.82, 2.24) is 5.32 Å². The number of hydrogen-bond acceptors (Lipinski definition) is 2. The normalized spacial score (nSPS) is 10.7. The Hall–Kier alpha value is -2.91. The number of amides is 1. The average molecular weight is 316 g/mol. The molecule has 3 aromatic carbocycles. The molecule has 3 N–H and O–H groups in total. The molecule has 120 valence electrons. The lowest BCUT2D eigenvalue weighted by atomic mass is 9.98. The monoisotopic (exact) mass is 316 g/mol. The highest BCUT2D eigenvalue weighted by Gasteiger charge is 2.13. The third kappa shape index (κ3) is 3.89. The van der Waals surface area contributed by atoms with Crippen molar-refractivity contribution in [3.8, 4) is 0 Å². The van der Waals surface area contributed by atoms with Gasteiger partial charge in [0.05, 0.1) is 6.04 Å². The van der Waals surface area contributed by atoms with Gasteiger partial charge in [0.1, 0.15) is 0 Å². The van der Waals surface area contributed by atoms with Gasteiger partial charge in [-0.05, 0) is 28.8 Å². The van der Waals surface area contributed by atoms with E-state index in [1.165, 1.54) is 11.1 Å². The standard InChI is InChI=1S/C21H20N2O/c22-21(24)19-13-11-16(12-14-19)15-23-20(17-7-3-1-4-8-17)18-9-5-2-6-10-18/h1-14,20,23H,15H2,(H2,22,24). The molecule has 0 bridgehead atoms. The molecule has 3 heteroatoms. The van der Waals surface area contributed by atoms with Crippen LogP contribution < -0.4 is 11.1 Å². The van der Waals surface area contributed by atoms with Crippen molar-refractivity contribution < 1.29 is 4.79 Å². The molecule has 0 heterocycles. The Kier molecular flexibility index (Phi) is 5.04. The van der Waals surface area contributed by atoms with Crippen LogP contribution in [-0.2, 0) is 6.54 Å². The first-order valence-corrected chi connectivity index (χ1v) is 7.96. The summed E-state index contributed by atoms with van der Waals surface area (Å²) in [5.41, 5.74) is 9.36. The smallest absolute Gasteiger partial charge is 0.248 e. The second kappa shape index (κ2) is 7.57. The molecule has 0 aliphatic heterocycles. The van der Waals surface area contributed by atoms with E-state index in [0.29, 0.717) is 12.1 Å². The van der Waals surface area contributed by atoms with Crippen LogP contribution in [-0.4, -0.2) is 5.91 Å². The summed E-state index contributed by atoms with van der Waals surface area (Å²) in [6, 6.07) is 28.3. The molecule has 0 radical (unpaired) electrons. The summed E-state index contributed by atoms with van der Waals surface area (Å²) in [5.74, 6) is -0.402. The van der Waals surface area contributed by atoms with Crippen molar-refractivity contribution in [2.75, 3.05) is 0 Å². The zero-order valence-electron chi connectivity index (χ0n) is 13.4. The maximum Gasteiger partial charge on any atom is 0.248 e. The number of primary amides is 1. The first-order chi connectivity index (χ1) is 11.7.